The Morgan fingerprint density at radius 1 is 1.38 bits per heavy atom. The molecular formula is C14H15ClN2O2S2. The van der Waals surface area contributed by atoms with Gasteiger partial charge in [-0.15, -0.1) is 11.3 Å². The van der Waals surface area contributed by atoms with E-state index in [1.165, 1.54) is 4.31 Å². The van der Waals surface area contributed by atoms with E-state index in [9.17, 15) is 8.42 Å². The van der Waals surface area contributed by atoms with E-state index < -0.39 is 10.0 Å². The van der Waals surface area contributed by atoms with Crippen LogP contribution in [0.15, 0.2) is 28.5 Å². The molecule has 1 aromatic heterocycles. The molecule has 0 saturated heterocycles. The van der Waals surface area contributed by atoms with Gasteiger partial charge in [-0.05, 0) is 55.7 Å². The van der Waals surface area contributed by atoms with Gasteiger partial charge in [0.25, 0.3) is 10.0 Å². The second kappa shape index (κ2) is 4.90. The molecule has 1 aliphatic rings. The number of rotatable bonds is 2. The number of anilines is 2. The number of nitrogens with two attached hydrogens (primary N) is 1. The van der Waals surface area contributed by atoms with E-state index in [-0.39, 0.29) is 10.3 Å². The number of fused-ring (bicyclic) bond motifs is 1. The molecule has 4 nitrogen and oxygen atoms in total. The normalized spacial score (nSPS) is 18.0. The molecule has 0 aliphatic carbocycles. The van der Waals surface area contributed by atoms with Crippen molar-refractivity contribution in [2.45, 2.75) is 30.5 Å². The van der Waals surface area contributed by atoms with Crippen LogP contribution in [0.5, 0.6) is 0 Å². The minimum absolute atomic E-state index is 0.131. The van der Waals surface area contributed by atoms with E-state index >= 15 is 0 Å². The van der Waals surface area contributed by atoms with Crippen molar-refractivity contribution >= 4 is 44.3 Å². The number of sulfonamides is 1. The number of aryl methyl sites for hydroxylation is 1. The summed E-state index contributed by atoms with van der Waals surface area (Å²) in [6, 6.07) is 6.84. The van der Waals surface area contributed by atoms with Gasteiger partial charge in [0, 0.05) is 11.7 Å². The van der Waals surface area contributed by atoms with Gasteiger partial charge in [-0.2, -0.15) is 0 Å². The minimum Gasteiger partial charge on any atom is -0.399 e. The molecule has 2 heterocycles. The largest absolute Gasteiger partial charge is 0.399 e. The van der Waals surface area contributed by atoms with Gasteiger partial charge in [0.2, 0.25) is 0 Å². The Morgan fingerprint density at radius 2 is 2.10 bits per heavy atom. The molecule has 112 valence electrons. The van der Waals surface area contributed by atoms with Crippen LogP contribution >= 0.6 is 22.9 Å². The summed E-state index contributed by atoms with van der Waals surface area (Å²) in [5.74, 6) is 0. The second-order valence-corrected chi connectivity index (χ2v) is 8.96. The highest BCUT2D eigenvalue weighted by molar-refractivity contribution is 7.94. The summed E-state index contributed by atoms with van der Waals surface area (Å²) in [6.45, 7) is 3.70. The highest BCUT2D eigenvalue weighted by Gasteiger charge is 2.37. The fourth-order valence-electron chi connectivity index (χ4n) is 2.64. The van der Waals surface area contributed by atoms with Crippen molar-refractivity contribution in [2.75, 3.05) is 10.0 Å². The van der Waals surface area contributed by atoms with Crippen molar-refractivity contribution in [1.82, 2.24) is 0 Å². The molecular weight excluding hydrogens is 328 g/mol. The molecule has 1 unspecified atom stereocenters. The summed E-state index contributed by atoms with van der Waals surface area (Å²) in [5.41, 5.74) is 8.88. The zero-order valence-corrected chi connectivity index (χ0v) is 14.0. The lowest BCUT2D eigenvalue weighted by Gasteiger charge is -2.23. The Labute approximate surface area is 133 Å². The zero-order chi connectivity index (χ0) is 15.4. The topological polar surface area (TPSA) is 63.4 Å². The van der Waals surface area contributed by atoms with Crippen LogP contribution < -0.4 is 10.0 Å². The van der Waals surface area contributed by atoms with Gasteiger partial charge in [-0.1, -0.05) is 11.6 Å². The third-order valence-corrected chi connectivity index (χ3v) is 7.54. The molecule has 0 fully saturated rings. The van der Waals surface area contributed by atoms with Crippen LogP contribution in [0.3, 0.4) is 0 Å². The first-order valence-corrected chi connectivity index (χ1v) is 9.13. The van der Waals surface area contributed by atoms with Crippen LogP contribution in [-0.4, -0.2) is 14.5 Å². The maximum absolute atomic E-state index is 12.9. The smallest absolute Gasteiger partial charge is 0.274 e. The van der Waals surface area contributed by atoms with Crippen molar-refractivity contribution in [3.05, 3.63) is 39.7 Å². The first-order chi connectivity index (χ1) is 9.80. The van der Waals surface area contributed by atoms with Crippen LogP contribution in [0, 0.1) is 6.92 Å². The highest BCUT2D eigenvalue weighted by atomic mass is 35.5. The molecule has 7 heteroatoms. The van der Waals surface area contributed by atoms with Gasteiger partial charge in [0.05, 0.1) is 10.0 Å². The Kier molecular flexibility index (Phi) is 3.43. The van der Waals surface area contributed by atoms with Crippen molar-refractivity contribution in [3.63, 3.8) is 0 Å². The third kappa shape index (κ3) is 2.31. The van der Waals surface area contributed by atoms with Crippen LogP contribution in [-0.2, 0) is 16.4 Å². The Hall–Kier alpha value is -1.24. The molecule has 3 rings (SSSR count). The van der Waals surface area contributed by atoms with Gasteiger partial charge in [-0.3, -0.25) is 4.31 Å². The number of hydrogen-bond donors (Lipinski definition) is 1. The van der Waals surface area contributed by atoms with E-state index in [0.717, 1.165) is 22.5 Å². The maximum Gasteiger partial charge on any atom is 0.274 e. The van der Waals surface area contributed by atoms with Gasteiger partial charge < -0.3 is 5.73 Å². The molecule has 0 saturated carbocycles. The molecule has 1 aromatic carbocycles. The number of halogens is 1. The molecule has 1 aliphatic heterocycles. The van der Waals surface area contributed by atoms with Crippen molar-refractivity contribution in [3.8, 4) is 0 Å². The molecule has 0 radical (unpaired) electrons. The van der Waals surface area contributed by atoms with Crippen LogP contribution in [0.4, 0.5) is 11.4 Å². The Balaban J connectivity index is 2.12. The summed E-state index contributed by atoms with van der Waals surface area (Å²) in [4.78, 5) is 0. The van der Waals surface area contributed by atoms with E-state index in [0.29, 0.717) is 22.1 Å². The van der Waals surface area contributed by atoms with Crippen molar-refractivity contribution < 1.29 is 8.42 Å². The van der Waals surface area contributed by atoms with Gasteiger partial charge in [-0.25, -0.2) is 8.42 Å². The lowest BCUT2D eigenvalue weighted by atomic mass is 10.1. The molecule has 2 aromatic rings. The second-order valence-electron chi connectivity index (χ2n) is 5.26. The quantitative estimate of drug-likeness (QED) is 0.850. The van der Waals surface area contributed by atoms with Gasteiger partial charge >= 0.3 is 0 Å². The average Bonchev–Trinajstić information content (AvgIpc) is 2.89. The average molecular weight is 343 g/mol. The van der Waals surface area contributed by atoms with Crippen LogP contribution in [0.1, 0.15) is 18.1 Å². The molecule has 2 N–H and O–H groups in total. The number of nitrogen functional groups attached to an aromatic ring is 1. The molecule has 21 heavy (non-hydrogen) atoms. The van der Waals surface area contributed by atoms with Crippen LogP contribution in [0.2, 0.25) is 4.34 Å². The molecule has 0 spiro atoms. The number of nitrogens with zero attached hydrogens (tertiary/aromatic N) is 1. The van der Waals surface area contributed by atoms with Crippen molar-refractivity contribution in [1.29, 1.82) is 0 Å². The third-order valence-electron chi connectivity index (χ3n) is 3.60. The Bertz CT molecular complexity index is 795. The van der Waals surface area contributed by atoms with Crippen LogP contribution in [0.25, 0.3) is 0 Å². The number of benzene rings is 1. The van der Waals surface area contributed by atoms with Gasteiger partial charge in [0.1, 0.15) is 4.21 Å². The van der Waals surface area contributed by atoms with E-state index in [2.05, 4.69) is 0 Å². The Morgan fingerprint density at radius 3 is 2.71 bits per heavy atom. The lowest BCUT2D eigenvalue weighted by molar-refractivity contribution is 0.586. The summed E-state index contributed by atoms with van der Waals surface area (Å²) in [7, 11) is -3.59. The summed E-state index contributed by atoms with van der Waals surface area (Å²) < 4.78 is 28.1. The fourth-order valence-corrected chi connectivity index (χ4v) is 6.14. The molecule has 1 atom stereocenters. The summed E-state index contributed by atoms with van der Waals surface area (Å²) in [6.07, 6.45) is 0.664. The SMILES string of the molecule is Cc1cc(S(=O)(=O)N2c3ccc(N)cc3CC2C)sc1Cl. The predicted molar refractivity (Wildman–Crippen MR) is 87.8 cm³/mol. The van der Waals surface area contributed by atoms with Crippen molar-refractivity contribution in [2.24, 2.45) is 0 Å². The minimum atomic E-state index is -3.59. The zero-order valence-electron chi connectivity index (χ0n) is 11.6. The maximum atomic E-state index is 12.9. The fraction of sp³-hybridized carbons (Fsp3) is 0.286. The first kappa shape index (κ1) is 14.7. The number of thiophene rings is 1. The van der Waals surface area contributed by atoms with Gasteiger partial charge in [0.15, 0.2) is 0 Å². The lowest BCUT2D eigenvalue weighted by Crippen LogP contribution is -2.35. The van der Waals surface area contributed by atoms with E-state index in [1.54, 1.807) is 25.1 Å². The highest BCUT2D eigenvalue weighted by Crippen LogP contribution is 2.40. The monoisotopic (exact) mass is 342 g/mol. The predicted octanol–water partition coefficient (Wildman–Crippen LogP) is 3.43. The summed E-state index contributed by atoms with van der Waals surface area (Å²) >= 11 is 7.12. The number of hydrogen-bond acceptors (Lipinski definition) is 4. The first-order valence-electron chi connectivity index (χ1n) is 6.49. The molecule has 0 bridgehead atoms. The summed E-state index contributed by atoms with van der Waals surface area (Å²) in [5, 5.41) is 0. The molecule has 0 amide bonds. The van der Waals surface area contributed by atoms with E-state index in [4.69, 9.17) is 17.3 Å². The van der Waals surface area contributed by atoms with E-state index in [1.807, 2.05) is 13.0 Å². The standard InChI is InChI=1S/C14H15ClN2O2S2/c1-8-5-13(20-14(8)15)21(18,19)17-9(2)6-10-7-11(16)3-4-12(10)17/h3-5,7,9H,6,16H2,1-2H3.